The van der Waals surface area contributed by atoms with Crippen LogP contribution in [-0.2, 0) is 10.3 Å². The normalized spacial score (nSPS) is 17.1. The maximum absolute atomic E-state index is 14.4. The van der Waals surface area contributed by atoms with Crippen molar-refractivity contribution in [3.8, 4) is 0 Å². The molecule has 1 aliphatic heterocycles. The third-order valence-electron chi connectivity index (χ3n) is 6.81. The fraction of sp³-hybridized carbons (Fsp3) is 0.480. The first-order valence-electron chi connectivity index (χ1n) is 10.8. The van der Waals surface area contributed by atoms with Crippen molar-refractivity contribution in [3.63, 3.8) is 0 Å². The average Bonchev–Trinajstić information content (AvgIpc) is 2.77. The van der Waals surface area contributed by atoms with Crippen molar-refractivity contribution in [2.75, 3.05) is 40.8 Å². The standard InChI is InChI=1S/C25H34FN3O.2ClH/c1-19(21-12-8-9-13-23(21)26)22(18-27-2)24(30)29-16-14-25(15-17-29,28(3)4)20-10-6-5-7-11-20;;/h5-13,19,22,27H,14-18H2,1-4H3;2*1H. The summed E-state index contributed by atoms with van der Waals surface area (Å²) < 4.78 is 14.4. The highest BCUT2D eigenvalue weighted by Crippen LogP contribution is 2.38. The number of benzene rings is 2. The third kappa shape index (κ3) is 5.82. The minimum absolute atomic E-state index is 0. The van der Waals surface area contributed by atoms with Gasteiger partial charge < -0.3 is 10.2 Å². The molecule has 0 aromatic heterocycles. The molecule has 1 aliphatic rings. The molecule has 1 N–H and O–H groups in total. The van der Waals surface area contributed by atoms with Gasteiger partial charge in [-0.3, -0.25) is 9.69 Å². The van der Waals surface area contributed by atoms with E-state index in [1.165, 1.54) is 11.6 Å². The molecule has 1 heterocycles. The zero-order valence-corrected chi connectivity index (χ0v) is 21.0. The van der Waals surface area contributed by atoms with Crippen LogP contribution in [0.3, 0.4) is 0 Å². The Bertz CT molecular complexity index is 842. The number of halogens is 3. The van der Waals surface area contributed by atoms with Gasteiger partial charge in [0.1, 0.15) is 5.82 Å². The minimum atomic E-state index is -0.296. The number of likely N-dealkylation sites (tertiary alicyclic amines) is 1. The van der Waals surface area contributed by atoms with Crippen LogP contribution >= 0.6 is 24.8 Å². The summed E-state index contributed by atoms with van der Waals surface area (Å²) in [7, 11) is 6.08. The maximum Gasteiger partial charge on any atom is 0.227 e. The molecule has 4 nitrogen and oxygen atoms in total. The van der Waals surface area contributed by atoms with Gasteiger partial charge in [0.25, 0.3) is 0 Å². The summed E-state index contributed by atoms with van der Waals surface area (Å²) in [5, 5.41) is 3.14. The van der Waals surface area contributed by atoms with Gasteiger partial charge in [0, 0.05) is 25.2 Å². The largest absolute Gasteiger partial charge is 0.342 e. The zero-order valence-electron chi connectivity index (χ0n) is 19.4. The van der Waals surface area contributed by atoms with E-state index in [-0.39, 0.29) is 53.9 Å². The molecule has 0 saturated carbocycles. The second kappa shape index (κ2) is 12.5. The number of carbonyl (C=O) groups excluding carboxylic acids is 1. The monoisotopic (exact) mass is 483 g/mol. The lowest BCUT2D eigenvalue weighted by Crippen LogP contribution is -2.53. The van der Waals surface area contributed by atoms with Crippen LogP contribution in [-0.4, -0.2) is 56.5 Å². The third-order valence-corrected chi connectivity index (χ3v) is 6.81. The summed E-state index contributed by atoms with van der Waals surface area (Å²) in [5.74, 6) is -0.620. The van der Waals surface area contributed by atoms with E-state index in [9.17, 15) is 9.18 Å². The summed E-state index contributed by atoms with van der Waals surface area (Å²) in [4.78, 5) is 17.7. The Hall–Kier alpha value is -1.66. The Morgan fingerprint density at radius 3 is 2.16 bits per heavy atom. The Morgan fingerprint density at radius 2 is 1.62 bits per heavy atom. The fourth-order valence-corrected chi connectivity index (χ4v) is 4.83. The number of rotatable bonds is 7. The quantitative estimate of drug-likeness (QED) is 0.620. The average molecular weight is 484 g/mol. The fourth-order valence-electron chi connectivity index (χ4n) is 4.83. The molecule has 1 saturated heterocycles. The van der Waals surface area contributed by atoms with E-state index < -0.39 is 0 Å². The van der Waals surface area contributed by atoms with Crippen LogP contribution < -0.4 is 5.32 Å². The number of hydrogen-bond donors (Lipinski definition) is 1. The highest BCUT2D eigenvalue weighted by atomic mass is 35.5. The molecule has 0 spiro atoms. The van der Waals surface area contributed by atoms with E-state index in [2.05, 4.69) is 48.6 Å². The van der Waals surface area contributed by atoms with E-state index in [0.29, 0.717) is 25.2 Å². The Kier molecular flexibility index (Phi) is 11.1. The first-order chi connectivity index (χ1) is 14.4. The molecule has 2 unspecified atom stereocenters. The summed E-state index contributed by atoms with van der Waals surface area (Å²) in [6.07, 6.45) is 1.77. The molecular weight excluding hydrogens is 448 g/mol. The van der Waals surface area contributed by atoms with Gasteiger partial charge in [0.2, 0.25) is 5.91 Å². The van der Waals surface area contributed by atoms with Crippen molar-refractivity contribution in [1.29, 1.82) is 0 Å². The molecule has 2 atom stereocenters. The van der Waals surface area contributed by atoms with Crippen LogP contribution in [0.25, 0.3) is 0 Å². The number of piperidine rings is 1. The molecule has 1 fully saturated rings. The van der Waals surface area contributed by atoms with Crippen molar-refractivity contribution in [3.05, 3.63) is 71.5 Å². The molecule has 0 bridgehead atoms. The second-order valence-corrected chi connectivity index (χ2v) is 8.59. The number of nitrogens with zero attached hydrogens (tertiary/aromatic N) is 2. The maximum atomic E-state index is 14.4. The lowest BCUT2D eigenvalue weighted by atomic mass is 9.79. The predicted octanol–water partition coefficient (Wildman–Crippen LogP) is 4.69. The van der Waals surface area contributed by atoms with Gasteiger partial charge >= 0.3 is 0 Å². The van der Waals surface area contributed by atoms with E-state index in [1.54, 1.807) is 12.1 Å². The topological polar surface area (TPSA) is 35.6 Å². The number of carbonyl (C=O) groups is 1. The molecule has 178 valence electrons. The second-order valence-electron chi connectivity index (χ2n) is 8.59. The van der Waals surface area contributed by atoms with E-state index in [1.807, 2.05) is 31.0 Å². The van der Waals surface area contributed by atoms with Crippen LogP contribution in [0.5, 0.6) is 0 Å². The van der Waals surface area contributed by atoms with E-state index in [0.717, 1.165) is 12.8 Å². The Labute approximate surface area is 204 Å². The van der Waals surface area contributed by atoms with Crippen LogP contribution in [0.15, 0.2) is 54.6 Å². The van der Waals surface area contributed by atoms with E-state index in [4.69, 9.17) is 0 Å². The SMILES string of the molecule is CNCC(C(=O)N1CCC(c2ccccc2)(N(C)C)CC1)C(C)c1ccccc1F.Cl.Cl. The lowest BCUT2D eigenvalue weighted by Gasteiger charge is -2.47. The van der Waals surface area contributed by atoms with Crippen LogP contribution in [0, 0.1) is 11.7 Å². The van der Waals surface area contributed by atoms with Crippen molar-refractivity contribution < 1.29 is 9.18 Å². The molecule has 1 amide bonds. The van der Waals surface area contributed by atoms with Gasteiger partial charge in [0.05, 0.1) is 5.92 Å². The molecule has 2 aromatic carbocycles. The van der Waals surface area contributed by atoms with Crippen molar-refractivity contribution in [2.24, 2.45) is 5.92 Å². The first kappa shape index (κ1) is 28.4. The van der Waals surface area contributed by atoms with Gasteiger partial charge in [-0.2, -0.15) is 0 Å². The van der Waals surface area contributed by atoms with Crippen LogP contribution in [0.4, 0.5) is 4.39 Å². The first-order valence-corrected chi connectivity index (χ1v) is 10.8. The molecule has 7 heteroatoms. The number of amides is 1. The number of hydrogen-bond acceptors (Lipinski definition) is 3. The molecular formula is C25H36Cl2FN3O. The van der Waals surface area contributed by atoms with E-state index >= 15 is 0 Å². The van der Waals surface area contributed by atoms with Crippen molar-refractivity contribution in [2.45, 2.75) is 31.2 Å². The van der Waals surface area contributed by atoms with Gasteiger partial charge in [-0.1, -0.05) is 55.5 Å². The predicted molar refractivity (Wildman–Crippen MR) is 134 cm³/mol. The Balaban J connectivity index is 0.00000256. The molecule has 0 aliphatic carbocycles. The van der Waals surface area contributed by atoms with Gasteiger partial charge in [0.15, 0.2) is 0 Å². The van der Waals surface area contributed by atoms with Crippen molar-refractivity contribution >= 4 is 30.7 Å². The summed E-state index contributed by atoms with van der Waals surface area (Å²) in [6, 6.07) is 17.4. The highest BCUT2D eigenvalue weighted by Gasteiger charge is 2.41. The molecule has 32 heavy (non-hydrogen) atoms. The van der Waals surface area contributed by atoms with Gasteiger partial charge in [-0.05, 0) is 57.1 Å². The summed E-state index contributed by atoms with van der Waals surface area (Å²) in [6.45, 7) is 3.89. The Morgan fingerprint density at radius 1 is 1.06 bits per heavy atom. The van der Waals surface area contributed by atoms with Crippen molar-refractivity contribution in [1.82, 2.24) is 15.1 Å². The van der Waals surface area contributed by atoms with Crippen LogP contribution in [0.1, 0.15) is 36.8 Å². The number of nitrogens with one attached hydrogen (secondary N) is 1. The lowest BCUT2D eigenvalue weighted by molar-refractivity contribution is -0.138. The summed E-state index contributed by atoms with van der Waals surface area (Å²) in [5.41, 5.74) is 1.84. The van der Waals surface area contributed by atoms with Crippen LogP contribution in [0.2, 0.25) is 0 Å². The molecule has 2 aromatic rings. The summed E-state index contributed by atoms with van der Waals surface area (Å²) >= 11 is 0. The minimum Gasteiger partial charge on any atom is -0.342 e. The zero-order chi connectivity index (χ0) is 21.7. The van der Waals surface area contributed by atoms with Gasteiger partial charge in [-0.15, -0.1) is 24.8 Å². The highest BCUT2D eigenvalue weighted by molar-refractivity contribution is 5.85. The molecule has 0 radical (unpaired) electrons. The molecule has 3 rings (SSSR count). The van der Waals surface area contributed by atoms with Gasteiger partial charge in [-0.25, -0.2) is 4.39 Å². The smallest absolute Gasteiger partial charge is 0.227 e.